The van der Waals surface area contributed by atoms with E-state index in [1.807, 2.05) is 24.8 Å². The number of aryl methyl sites for hydroxylation is 2. The minimum absolute atomic E-state index is 0.0570. The van der Waals surface area contributed by atoms with Crippen LogP contribution in [0.3, 0.4) is 0 Å². The molecule has 186 valence electrons. The van der Waals surface area contributed by atoms with Gasteiger partial charge < -0.3 is 15.1 Å². The quantitative estimate of drug-likeness (QED) is 0.571. The Morgan fingerprint density at radius 3 is 2.37 bits per heavy atom. The lowest BCUT2D eigenvalue weighted by atomic mass is 9.97. The van der Waals surface area contributed by atoms with E-state index in [4.69, 9.17) is 4.98 Å². The van der Waals surface area contributed by atoms with Crippen molar-refractivity contribution in [2.24, 2.45) is 0 Å². The zero-order valence-electron chi connectivity index (χ0n) is 20.5. The number of hydrogen-bond acceptors (Lipinski definition) is 6. The molecule has 1 aliphatic rings. The van der Waals surface area contributed by atoms with Crippen molar-refractivity contribution in [2.45, 2.75) is 46.8 Å². The van der Waals surface area contributed by atoms with Crippen LogP contribution in [-0.2, 0) is 11.0 Å². The summed E-state index contributed by atoms with van der Waals surface area (Å²) in [5.74, 6) is 1.91. The molecule has 0 unspecified atom stereocenters. The van der Waals surface area contributed by atoms with Crippen LogP contribution in [0.5, 0.6) is 0 Å². The Kier molecular flexibility index (Phi) is 6.57. The maximum Gasteiger partial charge on any atom is 0.416 e. The SMILES string of the molecule is CC(=O)N1CCN(c2cc3c(N[C@H](C)c4cccc(C(F)(F)F)c4C)nc(C)nc3c(C)n2)CC1. The Bertz CT molecular complexity index is 1270. The van der Waals surface area contributed by atoms with Crippen molar-refractivity contribution in [1.82, 2.24) is 19.9 Å². The third kappa shape index (κ3) is 5.01. The first-order valence-corrected chi connectivity index (χ1v) is 11.6. The monoisotopic (exact) mass is 486 g/mol. The molecule has 2 aromatic heterocycles. The number of halogens is 3. The molecule has 3 aromatic rings. The highest BCUT2D eigenvalue weighted by atomic mass is 19.4. The molecule has 1 atom stereocenters. The molecule has 3 heterocycles. The molecule has 0 spiro atoms. The van der Waals surface area contributed by atoms with Gasteiger partial charge in [-0.05, 0) is 51.0 Å². The molecule has 1 aliphatic heterocycles. The molecule has 1 N–H and O–H groups in total. The van der Waals surface area contributed by atoms with Gasteiger partial charge in [0, 0.05) is 38.5 Å². The Hall–Kier alpha value is -3.43. The maximum atomic E-state index is 13.4. The van der Waals surface area contributed by atoms with Crippen LogP contribution in [0.1, 0.15) is 48.1 Å². The van der Waals surface area contributed by atoms with E-state index in [0.29, 0.717) is 48.9 Å². The average molecular weight is 487 g/mol. The highest BCUT2D eigenvalue weighted by Gasteiger charge is 2.33. The number of aromatic nitrogens is 3. The first-order chi connectivity index (χ1) is 16.5. The Morgan fingerprint density at radius 2 is 1.74 bits per heavy atom. The summed E-state index contributed by atoms with van der Waals surface area (Å²) in [5.41, 5.74) is 1.54. The van der Waals surface area contributed by atoms with Crippen molar-refractivity contribution in [3.63, 3.8) is 0 Å². The fourth-order valence-electron chi connectivity index (χ4n) is 4.61. The van der Waals surface area contributed by atoms with Gasteiger partial charge in [0.25, 0.3) is 0 Å². The van der Waals surface area contributed by atoms with E-state index in [0.717, 1.165) is 23.0 Å². The largest absolute Gasteiger partial charge is 0.416 e. The van der Waals surface area contributed by atoms with Crippen LogP contribution < -0.4 is 10.2 Å². The lowest BCUT2D eigenvalue weighted by molar-refractivity contribution is -0.138. The second-order valence-electron chi connectivity index (χ2n) is 8.96. The van der Waals surface area contributed by atoms with Crippen LogP contribution in [0.2, 0.25) is 0 Å². The van der Waals surface area contributed by atoms with Crippen LogP contribution in [0.25, 0.3) is 10.9 Å². The zero-order chi connectivity index (χ0) is 25.5. The lowest BCUT2D eigenvalue weighted by Gasteiger charge is -2.35. The van der Waals surface area contributed by atoms with Crippen LogP contribution in [0, 0.1) is 20.8 Å². The number of nitrogens with zero attached hydrogens (tertiary/aromatic N) is 5. The van der Waals surface area contributed by atoms with Gasteiger partial charge in [-0.25, -0.2) is 15.0 Å². The van der Waals surface area contributed by atoms with Crippen LogP contribution in [0.4, 0.5) is 24.8 Å². The van der Waals surface area contributed by atoms with E-state index in [2.05, 4.69) is 20.2 Å². The van der Waals surface area contributed by atoms with E-state index in [1.54, 1.807) is 19.9 Å². The van der Waals surface area contributed by atoms with Gasteiger partial charge in [-0.15, -0.1) is 0 Å². The van der Waals surface area contributed by atoms with E-state index in [9.17, 15) is 18.0 Å². The number of amides is 1. The summed E-state index contributed by atoms with van der Waals surface area (Å²) in [5, 5.41) is 4.08. The number of nitrogens with one attached hydrogen (secondary N) is 1. The molecule has 0 bridgehead atoms. The molecular formula is C25H29F3N6O. The molecule has 0 aliphatic carbocycles. The van der Waals surface area contributed by atoms with Gasteiger partial charge in [-0.2, -0.15) is 13.2 Å². The summed E-state index contributed by atoms with van der Waals surface area (Å²) in [6.45, 7) is 11.1. The first kappa shape index (κ1) is 24.7. The zero-order valence-corrected chi connectivity index (χ0v) is 20.5. The summed E-state index contributed by atoms with van der Waals surface area (Å²) in [6.07, 6.45) is -4.41. The van der Waals surface area contributed by atoms with Crippen LogP contribution in [-0.4, -0.2) is 51.9 Å². The third-order valence-electron chi connectivity index (χ3n) is 6.51. The van der Waals surface area contributed by atoms with Crippen molar-refractivity contribution in [2.75, 3.05) is 36.4 Å². The maximum absolute atomic E-state index is 13.4. The molecular weight excluding hydrogens is 457 g/mol. The molecule has 1 amide bonds. The number of carbonyl (C=O) groups is 1. The number of pyridine rings is 1. The van der Waals surface area contributed by atoms with Gasteiger partial charge in [0.1, 0.15) is 17.5 Å². The summed E-state index contributed by atoms with van der Waals surface area (Å²) < 4.78 is 40.3. The van der Waals surface area contributed by atoms with E-state index >= 15 is 0 Å². The molecule has 7 nitrogen and oxygen atoms in total. The van der Waals surface area contributed by atoms with Crippen molar-refractivity contribution in [3.05, 3.63) is 52.5 Å². The normalized spacial score (nSPS) is 15.4. The molecule has 4 rings (SSSR count). The minimum Gasteiger partial charge on any atom is -0.363 e. The van der Waals surface area contributed by atoms with Crippen molar-refractivity contribution < 1.29 is 18.0 Å². The number of benzene rings is 1. The highest BCUT2D eigenvalue weighted by molar-refractivity contribution is 5.92. The standard InChI is InChI=1S/C25H29F3N6O/c1-14-19(7-6-8-21(14)25(26,27)28)15(2)30-24-20-13-22(29-16(3)23(20)31-17(4)32-24)34-11-9-33(10-12-34)18(5)35/h6-8,13,15H,9-12H2,1-5H3,(H,30,31,32)/t15-/m1/s1. The molecule has 1 aromatic carbocycles. The van der Waals surface area contributed by atoms with Crippen LogP contribution in [0.15, 0.2) is 24.3 Å². The van der Waals surface area contributed by atoms with Gasteiger partial charge >= 0.3 is 6.18 Å². The second kappa shape index (κ2) is 9.31. The molecule has 1 fully saturated rings. The van der Waals surface area contributed by atoms with Gasteiger partial charge in [-0.3, -0.25) is 4.79 Å². The molecule has 0 radical (unpaired) electrons. The summed E-state index contributed by atoms with van der Waals surface area (Å²) in [6, 6.07) is 5.72. The first-order valence-electron chi connectivity index (χ1n) is 11.6. The predicted octanol–water partition coefficient (Wildman–Crippen LogP) is 4.81. The number of alkyl halides is 3. The number of carbonyl (C=O) groups excluding carboxylic acids is 1. The number of fused-ring (bicyclic) bond motifs is 1. The summed E-state index contributed by atoms with van der Waals surface area (Å²) >= 11 is 0. The van der Waals surface area contributed by atoms with Crippen molar-refractivity contribution >= 4 is 28.4 Å². The molecule has 10 heteroatoms. The third-order valence-corrected chi connectivity index (χ3v) is 6.51. The fraction of sp³-hybridized carbons (Fsp3) is 0.440. The van der Waals surface area contributed by atoms with Gasteiger partial charge in [-0.1, -0.05) is 12.1 Å². The lowest BCUT2D eigenvalue weighted by Crippen LogP contribution is -2.48. The number of piperazine rings is 1. The Labute approximate surface area is 202 Å². The topological polar surface area (TPSA) is 74.2 Å². The average Bonchev–Trinajstić information content (AvgIpc) is 2.79. The molecule has 0 saturated carbocycles. The molecule has 35 heavy (non-hydrogen) atoms. The van der Waals surface area contributed by atoms with E-state index in [1.165, 1.54) is 13.0 Å². The van der Waals surface area contributed by atoms with Crippen molar-refractivity contribution in [1.29, 1.82) is 0 Å². The van der Waals surface area contributed by atoms with Gasteiger partial charge in [0.15, 0.2) is 0 Å². The highest BCUT2D eigenvalue weighted by Crippen LogP contribution is 2.36. The summed E-state index contributed by atoms with van der Waals surface area (Å²) in [7, 11) is 0. The molecule has 1 saturated heterocycles. The predicted molar refractivity (Wildman–Crippen MR) is 129 cm³/mol. The van der Waals surface area contributed by atoms with Gasteiger partial charge in [0.05, 0.1) is 22.8 Å². The minimum atomic E-state index is -4.41. The van der Waals surface area contributed by atoms with E-state index < -0.39 is 17.8 Å². The Morgan fingerprint density at radius 1 is 1.06 bits per heavy atom. The van der Waals surface area contributed by atoms with Crippen LogP contribution >= 0.6 is 0 Å². The van der Waals surface area contributed by atoms with Gasteiger partial charge in [0.2, 0.25) is 5.91 Å². The number of anilines is 2. The fourth-order valence-corrected chi connectivity index (χ4v) is 4.61. The summed E-state index contributed by atoms with van der Waals surface area (Å²) in [4.78, 5) is 29.5. The Balaban J connectivity index is 1.70. The number of rotatable bonds is 4. The van der Waals surface area contributed by atoms with Crippen molar-refractivity contribution in [3.8, 4) is 0 Å². The second-order valence-corrected chi connectivity index (χ2v) is 8.96. The van der Waals surface area contributed by atoms with E-state index in [-0.39, 0.29) is 11.5 Å². The smallest absolute Gasteiger partial charge is 0.363 e. The number of hydrogen-bond donors (Lipinski definition) is 1.